The average molecular weight is 155 g/mol. The zero-order valence-electron chi connectivity index (χ0n) is 8.99. The van der Waals surface area contributed by atoms with Crippen molar-refractivity contribution < 1.29 is 0 Å². The summed E-state index contributed by atoms with van der Waals surface area (Å²) in [6.45, 7) is 17.9. The van der Waals surface area contributed by atoms with Crippen molar-refractivity contribution in [1.29, 1.82) is 0 Å². The zero-order valence-corrected chi connectivity index (χ0v) is 8.99. The van der Waals surface area contributed by atoms with Gasteiger partial charge >= 0.3 is 0 Å². The SMILES string of the molecule is [CH2]C(C)C(C)(C)C(C)(C)CC. The van der Waals surface area contributed by atoms with Gasteiger partial charge in [0.2, 0.25) is 0 Å². The standard InChI is InChI=1S/C11H23/c1-8-10(4,5)11(6,7)9(2)3/h9H,2,8H2,1,3-7H3. The molecule has 1 radical (unpaired) electrons. The van der Waals surface area contributed by atoms with E-state index in [0.717, 1.165) is 0 Å². The van der Waals surface area contributed by atoms with Gasteiger partial charge < -0.3 is 0 Å². The van der Waals surface area contributed by atoms with Crippen LogP contribution in [0.1, 0.15) is 48.0 Å². The van der Waals surface area contributed by atoms with E-state index in [2.05, 4.69) is 48.5 Å². The minimum Gasteiger partial charge on any atom is -0.0649 e. The third kappa shape index (κ3) is 1.98. The molecule has 0 rings (SSSR count). The molecule has 0 aliphatic carbocycles. The molecule has 1 atom stereocenters. The first kappa shape index (κ1) is 11.0. The van der Waals surface area contributed by atoms with Crippen LogP contribution in [-0.2, 0) is 0 Å². The summed E-state index contributed by atoms with van der Waals surface area (Å²) in [6.07, 6.45) is 1.22. The van der Waals surface area contributed by atoms with E-state index >= 15 is 0 Å². The highest BCUT2D eigenvalue weighted by molar-refractivity contribution is 4.89. The van der Waals surface area contributed by atoms with E-state index in [1.54, 1.807) is 0 Å². The highest BCUT2D eigenvalue weighted by Crippen LogP contribution is 2.45. The molecule has 0 aromatic heterocycles. The number of rotatable bonds is 3. The molecule has 0 N–H and O–H groups in total. The van der Waals surface area contributed by atoms with Crippen molar-refractivity contribution in [1.82, 2.24) is 0 Å². The molecule has 1 unspecified atom stereocenters. The smallest absolute Gasteiger partial charge is 0.0277 e. The van der Waals surface area contributed by atoms with E-state index < -0.39 is 0 Å². The van der Waals surface area contributed by atoms with E-state index in [9.17, 15) is 0 Å². The molecule has 0 aliphatic heterocycles. The van der Waals surface area contributed by atoms with Gasteiger partial charge in [0, 0.05) is 0 Å². The van der Waals surface area contributed by atoms with Crippen molar-refractivity contribution in [2.24, 2.45) is 16.7 Å². The van der Waals surface area contributed by atoms with Crippen molar-refractivity contribution in [3.63, 3.8) is 0 Å². The molecule has 0 nitrogen and oxygen atoms in total. The van der Waals surface area contributed by atoms with E-state index in [-0.39, 0.29) is 0 Å². The van der Waals surface area contributed by atoms with Gasteiger partial charge in [0.25, 0.3) is 0 Å². The second kappa shape index (κ2) is 3.16. The quantitative estimate of drug-likeness (QED) is 0.579. The van der Waals surface area contributed by atoms with Crippen LogP contribution in [-0.4, -0.2) is 0 Å². The Morgan fingerprint density at radius 3 is 1.64 bits per heavy atom. The second-order valence-corrected chi connectivity index (χ2v) is 4.86. The van der Waals surface area contributed by atoms with Gasteiger partial charge in [0.1, 0.15) is 0 Å². The Hall–Kier alpha value is 0. The third-order valence-corrected chi connectivity index (χ3v) is 3.86. The first-order valence-corrected chi connectivity index (χ1v) is 4.58. The lowest BCUT2D eigenvalue weighted by atomic mass is 9.61. The minimum atomic E-state index is 0.335. The maximum absolute atomic E-state index is 4.12. The summed E-state index contributed by atoms with van der Waals surface area (Å²) in [5, 5.41) is 0. The van der Waals surface area contributed by atoms with Crippen molar-refractivity contribution >= 4 is 0 Å². The van der Waals surface area contributed by atoms with Gasteiger partial charge in [-0.3, -0.25) is 0 Å². The maximum Gasteiger partial charge on any atom is -0.0277 e. The van der Waals surface area contributed by atoms with Crippen molar-refractivity contribution in [2.75, 3.05) is 0 Å². The predicted molar refractivity (Wildman–Crippen MR) is 52.4 cm³/mol. The highest BCUT2D eigenvalue weighted by atomic mass is 14.4. The molecular weight excluding hydrogens is 132 g/mol. The average Bonchev–Trinajstić information content (AvgIpc) is 1.87. The van der Waals surface area contributed by atoms with Crippen LogP contribution in [0.4, 0.5) is 0 Å². The molecule has 0 bridgehead atoms. The summed E-state index contributed by atoms with van der Waals surface area (Å²) in [5.41, 5.74) is 0.732. The van der Waals surface area contributed by atoms with Crippen LogP contribution < -0.4 is 0 Å². The fourth-order valence-electron chi connectivity index (χ4n) is 1.12. The molecule has 0 aromatic rings. The summed E-state index contributed by atoms with van der Waals surface area (Å²) in [4.78, 5) is 0. The first-order valence-electron chi connectivity index (χ1n) is 4.58. The van der Waals surface area contributed by atoms with Gasteiger partial charge in [-0.25, -0.2) is 0 Å². The first-order chi connectivity index (χ1) is 4.75. The van der Waals surface area contributed by atoms with Gasteiger partial charge in [-0.05, 0) is 23.7 Å². The molecule has 0 aliphatic rings. The Morgan fingerprint density at radius 1 is 1.18 bits per heavy atom. The van der Waals surface area contributed by atoms with Crippen molar-refractivity contribution in [3.05, 3.63) is 6.92 Å². The maximum atomic E-state index is 4.12. The van der Waals surface area contributed by atoms with Crippen molar-refractivity contribution in [3.8, 4) is 0 Å². The Balaban J connectivity index is 4.53. The van der Waals surface area contributed by atoms with Crippen molar-refractivity contribution in [2.45, 2.75) is 48.0 Å². The monoisotopic (exact) mass is 155 g/mol. The topological polar surface area (TPSA) is 0 Å². The molecule has 0 fully saturated rings. The summed E-state index contributed by atoms with van der Waals surface area (Å²) in [6, 6.07) is 0. The van der Waals surface area contributed by atoms with Crippen LogP contribution in [0.25, 0.3) is 0 Å². The second-order valence-electron chi connectivity index (χ2n) is 4.86. The Kier molecular flexibility index (Phi) is 3.16. The summed E-state index contributed by atoms with van der Waals surface area (Å²) >= 11 is 0. The minimum absolute atomic E-state index is 0.335. The number of hydrogen-bond acceptors (Lipinski definition) is 0. The van der Waals surface area contributed by atoms with Gasteiger partial charge in [0.05, 0.1) is 0 Å². The molecule has 0 heterocycles. The van der Waals surface area contributed by atoms with E-state index in [1.807, 2.05) is 0 Å². The summed E-state index contributed by atoms with van der Waals surface area (Å²) in [5.74, 6) is 0.512. The van der Waals surface area contributed by atoms with E-state index in [4.69, 9.17) is 0 Å². The fourth-order valence-corrected chi connectivity index (χ4v) is 1.12. The molecule has 0 saturated heterocycles. The third-order valence-electron chi connectivity index (χ3n) is 3.86. The molecule has 0 spiro atoms. The fraction of sp³-hybridized carbons (Fsp3) is 0.909. The molecule has 11 heavy (non-hydrogen) atoms. The Morgan fingerprint density at radius 2 is 1.55 bits per heavy atom. The van der Waals surface area contributed by atoms with Crippen LogP contribution in [0.5, 0.6) is 0 Å². The van der Waals surface area contributed by atoms with Gasteiger partial charge in [0.15, 0.2) is 0 Å². The molecule has 0 heteroatoms. The normalized spacial score (nSPS) is 14.2. The van der Waals surface area contributed by atoms with Gasteiger partial charge in [-0.2, -0.15) is 0 Å². The van der Waals surface area contributed by atoms with Crippen LogP contribution in [0.15, 0.2) is 0 Å². The summed E-state index contributed by atoms with van der Waals surface area (Å²) in [7, 11) is 0. The molecule has 67 valence electrons. The lowest BCUT2D eigenvalue weighted by Crippen LogP contribution is -2.36. The predicted octanol–water partition coefficient (Wildman–Crippen LogP) is 3.92. The van der Waals surface area contributed by atoms with Crippen LogP contribution in [0.2, 0.25) is 0 Å². The van der Waals surface area contributed by atoms with E-state index in [1.165, 1.54) is 6.42 Å². The summed E-state index contributed by atoms with van der Waals surface area (Å²) < 4.78 is 0. The van der Waals surface area contributed by atoms with Crippen LogP contribution in [0, 0.1) is 23.7 Å². The van der Waals surface area contributed by atoms with Gasteiger partial charge in [-0.15, -0.1) is 0 Å². The van der Waals surface area contributed by atoms with Gasteiger partial charge in [-0.1, -0.05) is 48.0 Å². The Bertz CT molecular complexity index is 118. The molecule has 0 amide bonds. The molecule has 0 saturated carbocycles. The highest BCUT2D eigenvalue weighted by Gasteiger charge is 2.37. The lowest BCUT2D eigenvalue weighted by Gasteiger charge is -2.44. The molecule has 0 aromatic carbocycles. The number of hydrogen-bond donors (Lipinski definition) is 0. The largest absolute Gasteiger partial charge is 0.0649 e. The Labute approximate surface area is 72.4 Å². The zero-order chi connectivity index (χ0) is 9.28. The van der Waals surface area contributed by atoms with Crippen LogP contribution in [0.3, 0.4) is 0 Å². The lowest BCUT2D eigenvalue weighted by molar-refractivity contribution is 0.0636. The van der Waals surface area contributed by atoms with Crippen LogP contribution >= 0.6 is 0 Å². The molecular formula is C11H23. The van der Waals surface area contributed by atoms with E-state index in [0.29, 0.717) is 16.7 Å².